The Morgan fingerprint density at radius 3 is 2.61 bits per heavy atom. The first kappa shape index (κ1) is 18.9. The fourth-order valence-electron chi connectivity index (χ4n) is 2.82. The van der Waals surface area contributed by atoms with E-state index in [-0.39, 0.29) is 5.91 Å². The molecule has 2 heterocycles. The summed E-state index contributed by atoms with van der Waals surface area (Å²) in [6.07, 6.45) is 1.69. The Hall–Kier alpha value is -2.47. The van der Waals surface area contributed by atoms with Crippen LogP contribution in [-0.2, 0) is 0 Å². The van der Waals surface area contributed by atoms with Crippen LogP contribution in [0, 0.1) is 0 Å². The van der Waals surface area contributed by atoms with Gasteiger partial charge in [-0.25, -0.2) is 4.98 Å². The third kappa shape index (κ3) is 3.74. The number of benzene rings is 2. The molecule has 138 valence electrons. The van der Waals surface area contributed by atoms with Crippen molar-refractivity contribution in [3.8, 4) is 11.4 Å². The topological polar surface area (TPSA) is 54.9 Å². The van der Waals surface area contributed by atoms with E-state index in [1.54, 1.807) is 30.5 Å². The van der Waals surface area contributed by atoms with Gasteiger partial charge in [0.25, 0.3) is 5.91 Å². The Morgan fingerprint density at radius 1 is 0.964 bits per heavy atom. The largest absolute Gasteiger partial charge is 0.321 e. The standard InChI is InChI=1S/C21H12BrCl2N3O/c22-12-7-8-16-13(10-12)14(11-19(26-16)17-5-1-2-9-25-17)21(28)27-18-6-3-4-15(23)20(18)24/h1-11H,(H,27,28). The highest BCUT2D eigenvalue weighted by molar-refractivity contribution is 9.10. The van der Waals surface area contributed by atoms with Crippen LogP contribution in [0.5, 0.6) is 0 Å². The zero-order chi connectivity index (χ0) is 19.7. The van der Waals surface area contributed by atoms with Gasteiger partial charge in [0.15, 0.2) is 0 Å². The Labute approximate surface area is 179 Å². The summed E-state index contributed by atoms with van der Waals surface area (Å²) in [6.45, 7) is 0. The van der Waals surface area contributed by atoms with Gasteiger partial charge >= 0.3 is 0 Å². The Bertz CT molecular complexity index is 1200. The molecule has 0 aliphatic heterocycles. The molecule has 2 aromatic carbocycles. The highest BCUT2D eigenvalue weighted by Crippen LogP contribution is 2.31. The number of hydrogen-bond donors (Lipinski definition) is 1. The van der Waals surface area contributed by atoms with E-state index in [1.165, 1.54) is 0 Å². The number of nitrogens with zero attached hydrogens (tertiary/aromatic N) is 2. The first-order valence-electron chi connectivity index (χ1n) is 8.30. The molecule has 1 amide bonds. The molecule has 28 heavy (non-hydrogen) atoms. The van der Waals surface area contributed by atoms with E-state index in [2.05, 4.69) is 31.2 Å². The molecule has 7 heteroatoms. The normalized spacial score (nSPS) is 10.8. The van der Waals surface area contributed by atoms with Crippen molar-refractivity contribution >= 4 is 61.6 Å². The maximum atomic E-state index is 13.1. The van der Waals surface area contributed by atoms with Crippen molar-refractivity contribution < 1.29 is 4.79 Å². The van der Waals surface area contributed by atoms with E-state index in [9.17, 15) is 4.79 Å². The van der Waals surface area contributed by atoms with Gasteiger partial charge in [-0.1, -0.05) is 51.3 Å². The van der Waals surface area contributed by atoms with Crippen LogP contribution >= 0.6 is 39.1 Å². The summed E-state index contributed by atoms with van der Waals surface area (Å²) < 4.78 is 0.849. The number of hydrogen-bond acceptors (Lipinski definition) is 3. The number of fused-ring (bicyclic) bond motifs is 1. The maximum absolute atomic E-state index is 13.1. The molecule has 4 nitrogen and oxygen atoms in total. The van der Waals surface area contributed by atoms with Crippen molar-refractivity contribution in [3.05, 3.63) is 86.9 Å². The minimum atomic E-state index is -0.313. The van der Waals surface area contributed by atoms with Crippen molar-refractivity contribution in [3.63, 3.8) is 0 Å². The molecule has 1 N–H and O–H groups in total. The Morgan fingerprint density at radius 2 is 1.82 bits per heavy atom. The molecule has 0 aliphatic rings. The number of nitrogens with one attached hydrogen (secondary N) is 1. The Kier molecular flexibility index (Phi) is 5.31. The van der Waals surface area contributed by atoms with Crippen LogP contribution in [0.4, 0.5) is 5.69 Å². The van der Waals surface area contributed by atoms with Gasteiger partial charge in [0, 0.05) is 16.1 Å². The summed E-state index contributed by atoms with van der Waals surface area (Å²) >= 11 is 15.7. The molecule has 0 bridgehead atoms. The van der Waals surface area contributed by atoms with Crippen molar-refractivity contribution in [1.82, 2.24) is 9.97 Å². The summed E-state index contributed by atoms with van der Waals surface area (Å²) in [5.74, 6) is -0.313. The molecule has 0 aliphatic carbocycles. The summed E-state index contributed by atoms with van der Waals surface area (Å²) in [7, 11) is 0. The van der Waals surface area contributed by atoms with Crippen molar-refractivity contribution in [2.24, 2.45) is 0 Å². The molecule has 4 aromatic rings. The second-order valence-corrected chi connectivity index (χ2v) is 7.69. The molecule has 0 radical (unpaired) electrons. The quantitative estimate of drug-likeness (QED) is 0.364. The summed E-state index contributed by atoms with van der Waals surface area (Å²) in [4.78, 5) is 22.1. The van der Waals surface area contributed by atoms with Crippen molar-refractivity contribution in [2.75, 3.05) is 5.32 Å². The van der Waals surface area contributed by atoms with Gasteiger partial charge in [-0.05, 0) is 48.5 Å². The molecule has 0 fully saturated rings. The zero-order valence-corrected chi connectivity index (χ0v) is 17.4. The van der Waals surface area contributed by atoms with Gasteiger partial charge in [0.2, 0.25) is 0 Å². The number of rotatable bonds is 3. The maximum Gasteiger partial charge on any atom is 0.256 e. The number of carbonyl (C=O) groups is 1. The number of amides is 1. The van der Waals surface area contributed by atoms with Gasteiger partial charge < -0.3 is 5.32 Å². The highest BCUT2D eigenvalue weighted by atomic mass is 79.9. The molecular weight excluding hydrogens is 461 g/mol. The first-order valence-corrected chi connectivity index (χ1v) is 9.85. The van der Waals surface area contributed by atoms with Crippen molar-refractivity contribution in [1.29, 1.82) is 0 Å². The third-order valence-electron chi connectivity index (χ3n) is 4.14. The average Bonchev–Trinajstić information content (AvgIpc) is 2.71. The molecule has 4 rings (SSSR count). The zero-order valence-electron chi connectivity index (χ0n) is 14.3. The summed E-state index contributed by atoms with van der Waals surface area (Å²) in [5.41, 5.74) is 2.88. The molecule has 0 saturated heterocycles. The molecular formula is C21H12BrCl2N3O. The van der Waals surface area contributed by atoms with Gasteiger partial charge in [-0.3, -0.25) is 9.78 Å². The van der Waals surface area contributed by atoms with Gasteiger partial charge in [0.05, 0.1) is 38.2 Å². The minimum Gasteiger partial charge on any atom is -0.321 e. The number of anilines is 1. The van der Waals surface area contributed by atoms with E-state index in [0.717, 1.165) is 4.47 Å². The van der Waals surface area contributed by atoms with E-state index in [1.807, 2.05) is 36.4 Å². The minimum absolute atomic E-state index is 0.294. The van der Waals surface area contributed by atoms with Crippen molar-refractivity contribution in [2.45, 2.75) is 0 Å². The van der Waals surface area contributed by atoms with Crippen LogP contribution in [-0.4, -0.2) is 15.9 Å². The number of halogens is 3. The van der Waals surface area contributed by atoms with Gasteiger partial charge in [-0.15, -0.1) is 0 Å². The molecule has 0 saturated carbocycles. The SMILES string of the molecule is O=C(Nc1cccc(Cl)c1Cl)c1cc(-c2ccccn2)nc2ccc(Br)cc12. The number of aromatic nitrogens is 2. The fourth-order valence-corrected chi connectivity index (χ4v) is 3.53. The third-order valence-corrected chi connectivity index (χ3v) is 5.45. The second kappa shape index (κ2) is 7.87. The second-order valence-electron chi connectivity index (χ2n) is 5.99. The fraction of sp³-hybridized carbons (Fsp3) is 0. The van der Waals surface area contributed by atoms with E-state index < -0.39 is 0 Å². The number of carbonyl (C=O) groups excluding carboxylic acids is 1. The van der Waals surface area contributed by atoms with E-state index in [4.69, 9.17) is 23.2 Å². The Balaban J connectivity index is 1.85. The summed E-state index contributed by atoms with van der Waals surface area (Å²) in [6, 6.07) is 18.0. The molecule has 0 spiro atoms. The van der Waals surface area contributed by atoms with Crippen LogP contribution in [0.2, 0.25) is 10.0 Å². The molecule has 0 unspecified atom stereocenters. The monoisotopic (exact) mass is 471 g/mol. The molecule has 2 aromatic heterocycles. The van der Waals surface area contributed by atoms with Crippen LogP contribution in [0.25, 0.3) is 22.3 Å². The lowest BCUT2D eigenvalue weighted by Crippen LogP contribution is -2.13. The smallest absolute Gasteiger partial charge is 0.256 e. The average molecular weight is 473 g/mol. The van der Waals surface area contributed by atoms with Crippen LogP contribution in [0.1, 0.15) is 10.4 Å². The number of pyridine rings is 2. The predicted molar refractivity (Wildman–Crippen MR) is 117 cm³/mol. The molecule has 0 atom stereocenters. The first-order chi connectivity index (χ1) is 13.5. The van der Waals surface area contributed by atoms with Crippen LogP contribution < -0.4 is 5.32 Å². The lowest BCUT2D eigenvalue weighted by atomic mass is 10.1. The summed E-state index contributed by atoms with van der Waals surface area (Å²) in [5, 5.41) is 4.22. The van der Waals surface area contributed by atoms with Gasteiger partial charge in [0.1, 0.15) is 0 Å². The lowest BCUT2D eigenvalue weighted by Gasteiger charge is -2.12. The highest BCUT2D eigenvalue weighted by Gasteiger charge is 2.16. The van der Waals surface area contributed by atoms with E-state index in [0.29, 0.717) is 43.6 Å². The van der Waals surface area contributed by atoms with E-state index >= 15 is 0 Å². The lowest BCUT2D eigenvalue weighted by molar-refractivity contribution is 0.102. The predicted octanol–water partition coefficient (Wildman–Crippen LogP) is 6.62. The van der Waals surface area contributed by atoms with Crippen LogP contribution in [0.3, 0.4) is 0 Å². The van der Waals surface area contributed by atoms with Crippen LogP contribution in [0.15, 0.2) is 71.3 Å². The van der Waals surface area contributed by atoms with Gasteiger partial charge in [-0.2, -0.15) is 0 Å².